The molecule has 1 aliphatic heterocycles. The fraction of sp³-hybridized carbons (Fsp3) is 0.0645. The fourth-order valence-corrected chi connectivity index (χ4v) is 5.31. The Morgan fingerprint density at radius 2 is 1.62 bits per heavy atom. The van der Waals surface area contributed by atoms with Crippen LogP contribution in [0.5, 0.6) is 0 Å². The summed E-state index contributed by atoms with van der Waals surface area (Å²) >= 11 is 11.5. The molecular weight excluding hydrogens is 574 g/mol. The molecule has 11 heteroatoms. The first-order chi connectivity index (χ1) is 20.3. The van der Waals surface area contributed by atoms with E-state index in [-0.39, 0.29) is 28.0 Å². The second-order valence-corrected chi connectivity index (χ2v) is 10.4. The molecule has 0 atom stereocenters. The van der Waals surface area contributed by atoms with Crippen LogP contribution < -0.4 is 21.1 Å². The van der Waals surface area contributed by atoms with Crippen LogP contribution in [0.25, 0.3) is 22.0 Å². The Balaban J connectivity index is 1.07. The Morgan fingerprint density at radius 3 is 2.38 bits per heavy atom. The van der Waals surface area contributed by atoms with E-state index in [1.807, 2.05) is 36.4 Å². The molecule has 1 aliphatic rings. The van der Waals surface area contributed by atoms with Gasteiger partial charge in [0.05, 0.1) is 17.3 Å². The number of amides is 3. The molecule has 42 heavy (non-hydrogen) atoms. The van der Waals surface area contributed by atoms with E-state index in [1.54, 1.807) is 60.4 Å². The van der Waals surface area contributed by atoms with Gasteiger partial charge < -0.3 is 9.42 Å². The SMILES string of the molecule is Cc1onc(-c2ccccc2Cl)c1C(=O)NC(=S)NNC(=O)c1ccc(CN2C(=O)c3cccc4cccc2c34)cc1. The average Bonchev–Trinajstić information content (AvgIpc) is 3.51. The lowest BCUT2D eigenvalue weighted by Gasteiger charge is -2.18. The van der Waals surface area contributed by atoms with Crippen molar-refractivity contribution in [1.29, 1.82) is 0 Å². The average molecular weight is 596 g/mol. The molecule has 208 valence electrons. The summed E-state index contributed by atoms with van der Waals surface area (Å²) in [5.74, 6) is -0.811. The maximum absolute atomic E-state index is 13.1. The van der Waals surface area contributed by atoms with Gasteiger partial charge >= 0.3 is 0 Å². The molecule has 0 aliphatic carbocycles. The lowest BCUT2D eigenvalue weighted by atomic mass is 10.1. The van der Waals surface area contributed by atoms with Crippen LogP contribution >= 0.6 is 23.8 Å². The van der Waals surface area contributed by atoms with Gasteiger partial charge in [-0.25, -0.2) is 0 Å². The van der Waals surface area contributed by atoms with Crippen LogP contribution in [0, 0.1) is 6.92 Å². The van der Waals surface area contributed by atoms with Gasteiger partial charge in [-0.1, -0.05) is 71.4 Å². The summed E-state index contributed by atoms with van der Waals surface area (Å²) in [4.78, 5) is 40.5. The van der Waals surface area contributed by atoms with Crippen molar-refractivity contribution in [1.82, 2.24) is 21.3 Å². The summed E-state index contributed by atoms with van der Waals surface area (Å²) in [6, 6.07) is 25.4. The lowest BCUT2D eigenvalue weighted by molar-refractivity contribution is 0.0934. The summed E-state index contributed by atoms with van der Waals surface area (Å²) in [5.41, 5.74) is 8.77. The number of hydrazine groups is 1. The molecule has 1 aromatic heterocycles. The molecule has 0 bridgehead atoms. The quantitative estimate of drug-likeness (QED) is 0.180. The van der Waals surface area contributed by atoms with Crippen molar-refractivity contribution in [2.24, 2.45) is 0 Å². The van der Waals surface area contributed by atoms with Crippen molar-refractivity contribution < 1.29 is 18.9 Å². The predicted molar refractivity (Wildman–Crippen MR) is 163 cm³/mol. The maximum Gasteiger partial charge on any atom is 0.269 e. The van der Waals surface area contributed by atoms with Crippen molar-refractivity contribution in [2.75, 3.05) is 4.90 Å². The Labute approximate surface area is 250 Å². The number of carbonyl (C=O) groups is 3. The minimum absolute atomic E-state index is 0.0521. The number of aromatic nitrogens is 1. The molecule has 3 amide bonds. The van der Waals surface area contributed by atoms with Crippen LogP contribution in [0.15, 0.2) is 89.5 Å². The number of hydrogen-bond donors (Lipinski definition) is 3. The highest BCUT2D eigenvalue weighted by molar-refractivity contribution is 7.80. The molecule has 0 spiro atoms. The van der Waals surface area contributed by atoms with Crippen LogP contribution in [0.1, 0.15) is 42.4 Å². The topological polar surface area (TPSA) is 117 Å². The van der Waals surface area contributed by atoms with E-state index in [0.29, 0.717) is 28.3 Å². The molecular formula is C31H22ClN5O4S. The highest BCUT2D eigenvalue weighted by atomic mass is 35.5. The number of thiocarbonyl (C=S) groups is 1. The van der Waals surface area contributed by atoms with Crippen molar-refractivity contribution in [3.63, 3.8) is 0 Å². The Bertz CT molecular complexity index is 1900. The molecule has 0 saturated carbocycles. The molecule has 9 nitrogen and oxygen atoms in total. The van der Waals surface area contributed by atoms with E-state index in [4.69, 9.17) is 28.3 Å². The molecule has 5 aromatic rings. The third-order valence-electron chi connectivity index (χ3n) is 6.94. The zero-order valence-corrected chi connectivity index (χ0v) is 23.7. The third kappa shape index (κ3) is 4.98. The maximum atomic E-state index is 13.1. The molecule has 2 heterocycles. The second kappa shape index (κ2) is 11.1. The van der Waals surface area contributed by atoms with Crippen molar-refractivity contribution in [3.05, 3.63) is 118 Å². The molecule has 0 radical (unpaired) electrons. The number of anilines is 1. The molecule has 6 rings (SSSR count). The fourth-order valence-electron chi connectivity index (χ4n) is 4.94. The molecule has 0 saturated heterocycles. The van der Waals surface area contributed by atoms with E-state index in [0.717, 1.165) is 22.0 Å². The van der Waals surface area contributed by atoms with Crippen molar-refractivity contribution >= 4 is 63.1 Å². The van der Waals surface area contributed by atoms with Crippen LogP contribution in [-0.2, 0) is 6.54 Å². The van der Waals surface area contributed by atoms with Gasteiger partial charge in [-0.2, -0.15) is 0 Å². The number of carbonyl (C=O) groups excluding carboxylic acids is 3. The summed E-state index contributed by atoms with van der Waals surface area (Å²) in [6.45, 7) is 1.96. The van der Waals surface area contributed by atoms with Gasteiger partial charge in [-0.05, 0) is 60.4 Å². The second-order valence-electron chi connectivity index (χ2n) is 9.57. The van der Waals surface area contributed by atoms with Crippen molar-refractivity contribution in [2.45, 2.75) is 13.5 Å². The van der Waals surface area contributed by atoms with Crippen LogP contribution in [0.3, 0.4) is 0 Å². The van der Waals surface area contributed by atoms with E-state index in [2.05, 4.69) is 21.3 Å². The molecule has 4 aromatic carbocycles. The normalized spacial score (nSPS) is 12.0. The van der Waals surface area contributed by atoms with Gasteiger partial charge in [0.25, 0.3) is 17.7 Å². The van der Waals surface area contributed by atoms with Gasteiger partial charge in [-0.15, -0.1) is 0 Å². The zero-order chi connectivity index (χ0) is 29.4. The van der Waals surface area contributed by atoms with Gasteiger partial charge in [0.15, 0.2) is 5.11 Å². The van der Waals surface area contributed by atoms with E-state index >= 15 is 0 Å². The van der Waals surface area contributed by atoms with Gasteiger partial charge in [0.1, 0.15) is 17.0 Å². The number of aryl methyl sites for hydroxylation is 1. The Morgan fingerprint density at radius 1 is 0.905 bits per heavy atom. The van der Waals surface area contributed by atoms with E-state index in [9.17, 15) is 14.4 Å². The molecule has 0 unspecified atom stereocenters. The highest BCUT2D eigenvalue weighted by Crippen LogP contribution is 2.38. The van der Waals surface area contributed by atoms with E-state index in [1.165, 1.54) is 0 Å². The number of nitrogens with one attached hydrogen (secondary N) is 3. The molecule has 3 N–H and O–H groups in total. The van der Waals surface area contributed by atoms with E-state index < -0.39 is 11.8 Å². The van der Waals surface area contributed by atoms with Gasteiger partial charge in [-0.3, -0.25) is 30.6 Å². The zero-order valence-electron chi connectivity index (χ0n) is 22.1. The first-order valence-corrected chi connectivity index (χ1v) is 13.7. The van der Waals surface area contributed by atoms with Gasteiger partial charge in [0, 0.05) is 22.1 Å². The highest BCUT2D eigenvalue weighted by Gasteiger charge is 2.29. The lowest BCUT2D eigenvalue weighted by Crippen LogP contribution is -2.48. The number of nitrogens with zero attached hydrogens (tertiary/aromatic N) is 2. The number of halogens is 1. The number of rotatable bonds is 5. The minimum atomic E-state index is -0.575. The first-order valence-electron chi connectivity index (χ1n) is 12.9. The summed E-state index contributed by atoms with van der Waals surface area (Å²) < 4.78 is 5.23. The van der Waals surface area contributed by atoms with Crippen LogP contribution in [-0.4, -0.2) is 28.0 Å². The monoisotopic (exact) mass is 595 g/mol. The minimum Gasteiger partial charge on any atom is -0.360 e. The first kappa shape index (κ1) is 27.1. The van der Waals surface area contributed by atoms with Gasteiger partial charge in [0.2, 0.25) is 0 Å². The standard InChI is InChI=1S/C31H22ClN5O4S/c1-17-25(27(36-41-17)21-8-2-3-10-23(21)32)29(39)33-31(42)35-34-28(38)20-14-12-18(13-15-20)16-37-24-11-5-7-19-6-4-9-22(26(19)24)30(37)40/h2-15H,16H2,1H3,(H,34,38)(H2,33,35,39,42). The smallest absolute Gasteiger partial charge is 0.269 e. The van der Waals surface area contributed by atoms with Crippen LogP contribution in [0.4, 0.5) is 5.69 Å². The molecule has 0 fully saturated rings. The van der Waals surface area contributed by atoms with Crippen LogP contribution in [0.2, 0.25) is 5.02 Å². The summed E-state index contributed by atoms with van der Waals surface area (Å²) in [6.07, 6.45) is 0. The summed E-state index contributed by atoms with van der Waals surface area (Å²) in [5, 5.41) is 8.75. The van der Waals surface area contributed by atoms with Crippen molar-refractivity contribution in [3.8, 4) is 11.3 Å². The summed E-state index contributed by atoms with van der Waals surface area (Å²) in [7, 11) is 0. The number of hydrogen-bond acceptors (Lipinski definition) is 6. The Kier molecular flexibility index (Phi) is 7.15. The Hall–Kier alpha value is -5.06. The predicted octanol–water partition coefficient (Wildman–Crippen LogP) is 5.57. The number of benzene rings is 4. The third-order valence-corrected chi connectivity index (χ3v) is 7.47. The largest absolute Gasteiger partial charge is 0.360 e.